The molecule has 2 heterocycles. The van der Waals surface area contributed by atoms with Crippen molar-refractivity contribution in [3.05, 3.63) is 81.4 Å². The van der Waals surface area contributed by atoms with E-state index in [2.05, 4.69) is 31.9 Å². The molecular formula is C28H28Br2N2O6S. The van der Waals surface area contributed by atoms with Crippen LogP contribution in [0.3, 0.4) is 0 Å². The number of aromatic nitrogens is 1. The van der Waals surface area contributed by atoms with Gasteiger partial charge in [-0.1, -0.05) is 40.6 Å². The van der Waals surface area contributed by atoms with E-state index in [9.17, 15) is 9.59 Å². The van der Waals surface area contributed by atoms with Crippen molar-refractivity contribution < 1.29 is 23.7 Å². The molecule has 0 fully saturated rings. The largest absolute Gasteiger partial charge is 0.496 e. The van der Waals surface area contributed by atoms with Crippen LogP contribution in [0.25, 0.3) is 6.08 Å². The lowest BCUT2D eigenvalue weighted by atomic mass is 9.93. The average Bonchev–Trinajstić information content (AvgIpc) is 3.22. The van der Waals surface area contributed by atoms with Crippen LogP contribution in [0.2, 0.25) is 0 Å². The van der Waals surface area contributed by atoms with Crippen LogP contribution in [-0.2, 0) is 9.53 Å². The predicted molar refractivity (Wildman–Crippen MR) is 158 cm³/mol. The Hall–Kier alpha value is -2.89. The van der Waals surface area contributed by atoms with Crippen LogP contribution in [0.1, 0.15) is 43.9 Å². The lowest BCUT2D eigenvalue weighted by molar-refractivity contribution is -0.139. The van der Waals surface area contributed by atoms with E-state index in [0.29, 0.717) is 54.3 Å². The zero-order chi connectivity index (χ0) is 28.3. The maximum Gasteiger partial charge on any atom is 0.338 e. The number of allylic oxidation sites excluding steroid dienone is 1. The number of halogens is 2. The van der Waals surface area contributed by atoms with Crippen LogP contribution in [-0.4, -0.2) is 38.5 Å². The molecule has 0 spiro atoms. The van der Waals surface area contributed by atoms with Crippen molar-refractivity contribution in [1.29, 1.82) is 0 Å². The van der Waals surface area contributed by atoms with Gasteiger partial charge in [-0.25, -0.2) is 9.79 Å². The Bertz CT molecular complexity index is 1630. The van der Waals surface area contributed by atoms with Crippen LogP contribution >= 0.6 is 43.2 Å². The molecule has 206 valence electrons. The number of hydrogen-bond donors (Lipinski definition) is 0. The molecule has 0 saturated heterocycles. The summed E-state index contributed by atoms with van der Waals surface area (Å²) in [7, 11) is 4.68. The van der Waals surface area contributed by atoms with Crippen molar-refractivity contribution in [1.82, 2.24) is 4.57 Å². The first kappa shape index (κ1) is 29.1. The van der Waals surface area contributed by atoms with Gasteiger partial charge in [0.25, 0.3) is 5.56 Å². The molecule has 2 aromatic carbocycles. The molecule has 8 nitrogen and oxygen atoms in total. The van der Waals surface area contributed by atoms with Gasteiger partial charge in [-0.2, -0.15) is 0 Å². The third-order valence-corrected chi connectivity index (χ3v) is 8.20. The minimum Gasteiger partial charge on any atom is -0.496 e. The fourth-order valence-electron chi connectivity index (χ4n) is 4.51. The number of rotatable bonds is 9. The highest BCUT2D eigenvalue weighted by Gasteiger charge is 2.36. The van der Waals surface area contributed by atoms with E-state index in [1.165, 1.54) is 11.3 Å². The molecule has 1 atom stereocenters. The monoisotopic (exact) mass is 678 g/mol. The Balaban J connectivity index is 2.04. The van der Waals surface area contributed by atoms with Gasteiger partial charge in [0, 0.05) is 10.0 Å². The van der Waals surface area contributed by atoms with Gasteiger partial charge in [0.15, 0.2) is 16.3 Å². The third kappa shape index (κ3) is 5.71. The molecule has 3 aromatic rings. The summed E-state index contributed by atoms with van der Waals surface area (Å²) < 4.78 is 25.5. The van der Waals surface area contributed by atoms with Gasteiger partial charge in [0.1, 0.15) is 11.8 Å². The van der Waals surface area contributed by atoms with Gasteiger partial charge < -0.3 is 18.9 Å². The number of carbonyl (C=O) groups is 1. The van der Waals surface area contributed by atoms with E-state index in [-0.39, 0.29) is 12.2 Å². The summed E-state index contributed by atoms with van der Waals surface area (Å²) in [6.07, 6.45) is 3.09. The maximum absolute atomic E-state index is 14.0. The standard InChI is InChI=1S/C28H28Br2N2O6S/c1-6-8-19-23(27(34)38-7-2)24(17-14-16(29)9-10-20(17)35-3)32-26(33)22(39-28(32)31-19)13-15-11-18(30)25(37-5)21(12-15)36-4/h9-14,24H,6-8H2,1-5H3/b22-13+/t24-/m1/s1. The number of hydrogen-bond acceptors (Lipinski definition) is 8. The van der Waals surface area contributed by atoms with E-state index in [1.807, 2.05) is 25.1 Å². The van der Waals surface area contributed by atoms with Crippen molar-refractivity contribution in [2.75, 3.05) is 27.9 Å². The van der Waals surface area contributed by atoms with Crippen molar-refractivity contribution >= 4 is 55.2 Å². The molecule has 1 aromatic heterocycles. The second-order valence-electron chi connectivity index (χ2n) is 8.54. The second kappa shape index (κ2) is 12.5. The minimum atomic E-state index is -0.784. The first-order chi connectivity index (χ1) is 18.8. The Kier molecular flexibility index (Phi) is 9.35. The molecule has 1 aliphatic rings. The van der Waals surface area contributed by atoms with Gasteiger partial charge in [-0.3, -0.25) is 9.36 Å². The number of carbonyl (C=O) groups excluding carboxylic acids is 1. The van der Waals surface area contributed by atoms with Crippen molar-refractivity contribution in [2.45, 2.75) is 32.7 Å². The average molecular weight is 680 g/mol. The fraction of sp³-hybridized carbons (Fsp3) is 0.321. The lowest BCUT2D eigenvalue weighted by Gasteiger charge is -2.27. The molecule has 1 aliphatic heterocycles. The smallest absolute Gasteiger partial charge is 0.338 e. The molecule has 0 aliphatic carbocycles. The summed E-state index contributed by atoms with van der Waals surface area (Å²) in [5.41, 5.74) is 2.04. The number of thiazole rings is 1. The molecule has 39 heavy (non-hydrogen) atoms. The van der Waals surface area contributed by atoms with E-state index < -0.39 is 12.0 Å². The highest BCUT2D eigenvalue weighted by molar-refractivity contribution is 9.10. The van der Waals surface area contributed by atoms with Gasteiger partial charge in [0.05, 0.1) is 48.2 Å². The summed E-state index contributed by atoms with van der Waals surface area (Å²) in [6, 6.07) is 8.37. The molecule has 0 bridgehead atoms. The van der Waals surface area contributed by atoms with Crippen molar-refractivity contribution in [3.63, 3.8) is 0 Å². The fourth-order valence-corrected chi connectivity index (χ4v) is 6.53. The van der Waals surface area contributed by atoms with Gasteiger partial charge in [-0.05, 0) is 71.2 Å². The number of fused-ring (bicyclic) bond motifs is 1. The number of esters is 1. The third-order valence-electron chi connectivity index (χ3n) is 6.13. The highest BCUT2D eigenvalue weighted by atomic mass is 79.9. The molecule has 0 amide bonds. The molecule has 0 unspecified atom stereocenters. The number of ether oxygens (including phenoxy) is 4. The van der Waals surface area contributed by atoms with E-state index >= 15 is 0 Å². The van der Waals surface area contributed by atoms with Crippen LogP contribution in [0.15, 0.2) is 60.3 Å². The highest BCUT2D eigenvalue weighted by Crippen LogP contribution is 2.39. The first-order valence-electron chi connectivity index (χ1n) is 12.2. The summed E-state index contributed by atoms with van der Waals surface area (Å²) in [5, 5.41) is 0. The maximum atomic E-state index is 14.0. The Morgan fingerprint density at radius 1 is 1.08 bits per heavy atom. The van der Waals surface area contributed by atoms with Crippen LogP contribution in [0.5, 0.6) is 17.2 Å². The van der Waals surface area contributed by atoms with Gasteiger partial charge in [0.2, 0.25) is 0 Å². The SMILES string of the molecule is CCCC1=C(C(=O)OCC)[C@@H](c2cc(Br)ccc2OC)n2c(s/c(=C/c3cc(Br)c(OC)c(OC)c3)c2=O)=N1. The molecule has 0 saturated carbocycles. The van der Waals surface area contributed by atoms with Crippen LogP contribution in [0.4, 0.5) is 0 Å². The molecule has 0 N–H and O–H groups in total. The van der Waals surface area contributed by atoms with E-state index in [1.54, 1.807) is 51.0 Å². The van der Waals surface area contributed by atoms with E-state index in [0.717, 1.165) is 16.5 Å². The minimum absolute atomic E-state index is 0.197. The number of nitrogens with zero attached hydrogens (tertiary/aromatic N) is 2. The van der Waals surface area contributed by atoms with Crippen LogP contribution in [0, 0.1) is 0 Å². The van der Waals surface area contributed by atoms with Crippen molar-refractivity contribution in [3.8, 4) is 17.2 Å². The van der Waals surface area contributed by atoms with Gasteiger partial charge in [-0.15, -0.1) is 0 Å². The topological polar surface area (TPSA) is 88.4 Å². The normalized spacial score (nSPS) is 15.1. The molecule has 0 radical (unpaired) electrons. The molecule has 11 heteroatoms. The summed E-state index contributed by atoms with van der Waals surface area (Å²) in [4.78, 5) is 32.7. The van der Waals surface area contributed by atoms with Gasteiger partial charge >= 0.3 is 5.97 Å². The lowest BCUT2D eigenvalue weighted by Crippen LogP contribution is -2.40. The first-order valence-corrected chi connectivity index (χ1v) is 14.6. The zero-order valence-electron chi connectivity index (χ0n) is 22.2. The van der Waals surface area contributed by atoms with E-state index in [4.69, 9.17) is 23.9 Å². The van der Waals surface area contributed by atoms with Crippen LogP contribution < -0.4 is 29.1 Å². The number of methoxy groups -OCH3 is 3. The zero-order valence-corrected chi connectivity index (χ0v) is 26.2. The molecule has 4 rings (SSSR count). The summed E-state index contributed by atoms with van der Waals surface area (Å²) in [6.45, 7) is 3.97. The predicted octanol–water partition coefficient (Wildman–Crippen LogP) is 5.13. The summed E-state index contributed by atoms with van der Waals surface area (Å²) in [5.74, 6) is 1.12. The number of benzene rings is 2. The Labute approximate surface area is 246 Å². The molecular weight excluding hydrogens is 652 g/mol. The van der Waals surface area contributed by atoms with Crippen molar-refractivity contribution in [2.24, 2.45) is 4.99 Å². The Morgan fingerprint density at radius 2 is 1.82 bits per heavy atom. The quantitative estimate of drug-likeness (QED) is 0.292. The second-order valence-corrected chi connectivity index (χ2v) is 11.3. The Morgan fingerprint density at radius 3 is 2.46 bits per heavy atom. The summed E-state index contributed by atoms with van der Waals surface area (Å²) >= 11 is 8.31.